The van der Waals surface area contributed by atoms with E-state index < -0.39 is 0 Å². The maximum absolute atomic E-state index is 9.46. The second-order valence-electron chi connectivity index (χ2n) is 3.38. The zero-order chi connectivity index (χ0) is 9.26. The standard InChI is InChI=1S/C10H14N2O/c11-10-9(13)6-7-12(10)8-4-2-1-3-5-8/h1-5,9-10,13H,6-7,11H2. The summed E-state index contributed by atoms with van der Waals surface area (Å²) in [7, 11) is 0. The van der Waals surface area contributed by atoms with E-state index in [0.29, 0.717) is 0 Å². The Morgan fingerprint density at radius 2 is 2.00 bits per heavy atom. The highest BCUT2D eigenvalue weighted by atomic mass is 16.3. The van der Waals surface area contributed by atoms with Crippen LogP contribution in [-0.4, -0.2) is 23.9 Å². The van der Waals surface area contributed by atoms with E-state index in [1.54, 1.807) is 0 Å². The first-order valence-corrected chi connectivity index (χ1v) is 4.54. The molecule has 70 valence electrons. The number of hydrogen-bond acceptors (Lipinski definition) is 3. The summed E-state index contributed by atoms with van der Waals surface area (Å²) in [6, 6.07) is 9.96. The van der Waals surface area contributed by atoms with Crippen molar-refractivity contribution in [3.63, 3.8) is 0 Å². The molecule has 0 spiro atoms. The van der Waals surface area contributed by atoms with Crippen LogP contribution in [0.2, 0.25) is 0 Å². The highest BCUT2D eigenvalue weighted by Gasteiger charge is 2.29. The van der Waals surface area contributed by atoms with Crippen molar-refractivity contribution in [3.8, 4) is 0 Å². The average Bonchev–Trinajstić information content (AvgIpc) is 2.49. The predicted octanol–water partition coefficient (Wildman–Crippen LogP) is 0.542. The van der Waals surface area contributed by atoms with Crippen LogP contribution in [0, 0.1) is 0 Å². The summed E-state index contributed by atoms with van der Waals surface area (Å²) >= 11 is 0. The largest absolute Gasteiger partial charge is 0.389 e. The van der Waals surface area contributed by atoms with Crippen molar-refractivity contribution < 1.29 is 5.11 Å². The van der Waals surface area contributed by atoms with Crippen LogP contribution in [0.3, 0.4) is 0 Å². The Kier molecular flexibility index (Phi) is 2.20. The summed E-state index contributed by atoms with van der Waals surface area (Å²) in [5, 5.41) is 9.46. The number of aliphatic hydroxyl groups excluding tert-OH is 1. The fourth-order valence-electron chi connectivity index (χ4n) is 1.72. The SMILES string of the molecule is NC1C(O)CCN1c1ccccc1. The molecule has 3 nitrogen and oxygen atoms in total. The molecule has 0 radical (unpaired) electrons. The van der Waals surface area contributed by atoms with E-state index in [4.69, 9.17) is 5.73 Å². The van der Waals surface area contributed by atoms with Gasteiger partial charge in [-0.15, -0.1) is 0 Å². The molecule has 0 saturated carbocycles. The number of aliphatic hydroxyl groups is 1. The molecule has 1 saturated heterocycles. The van der Waals surface area contributed by atoms with Gasteiger partial charge in [0.15, 0.2) is 0 Å². The third-order valence-electron chi connectivity index (χ3n) is 2.51. The van der Waals surface area contributed by atoms with Gasteiger partial charge in [-0.25, -0.2) is 0 Å². The van der Waals surface area contributed by atoms with E-state index in [1.165, 1.54) is 0 Å². The van der Waals surface area contributed by atoms with Gasteiger partial charge in [0.2, 0.25) is 0 Å². The van der Waals surface area contributed by atoms with Gasteiger partial charge in [0.25, 0.3) is 0 Å². The Morgan fingerprint density at radius 3 is 2.54 bits per heavy atom. The molecule has 1 fully saturated rings. The van der Waals surface area contributed by atoms with Crippen LogP contribution in [0.1, 0.15) is 6.42 Å². The molecule has 1 heterocycles. The summed E-state index contributed by atoms with van der Waals surface area (Å²) < 4.78 is 0. The van der Waals surface area contributed by atoms with Crippen molar-refractivity contribution in [3.05, 3.63) is 30.3 Å². The van der Waals surface area contributed by atoms with Crippen molar-refractivity contribution in [1.29, 1.82) is 0 Å². The minimum Gasteiger partial charge on any atom is -0.389 e. The van der Waals surface area contributed by atoms with Gasteiger partial charge in [-0.3, -0.25) is 0 Å². The van der Waals surface area contributed by atoms with Crippen LogP contribution >= 0.6 is 0 Å². The predicted molar refractivity (Wildman–Crippen MR) is 52.4 cm³/mol. The lowest BCUT2D eigenvalue weighted by Gasteiger charge is -2.24. The van der Waals surface area contributed by atoms with Crippen LogP contribution in [-0.2, 0) is 0 Å². The van der Waals surface area contributed by atoms with E-state index >= 15 is 0 Å². The summed E-state index contributed by atoms with van der Waals surface area (Å²) in [4.78, 5) is 2.03. The minimum atomic E-state index is -0.389. The lowest BCUT2D eigenvalue weighted by atomic mass is 10.2. The summed E-state index contributed by atoms with van der Waals surface area (Å²) in [6.45, 7) is 0.840. The molecular weight excluding hydrogens is 164 g/mol. The lowest BCUT2D eigenvalue weighted by Crippen LogP contribution is -2.42. The fourth-order valence-corrected chi connectivity index (χ4v) is 1.72. The average molecular weight is 178 g/mol. The van der Waals surface area contributed by atoms with Crippen molar-refractivity contribution in [1.82, 2.24) is 0 Å². The molecule has 13 heavy (non-hydrogen) atoms. The molecular formula is C10H14N2O. The van der Waals surface area contributed by atoms with Crippen LogP contribution in [0.5, 0.6) is 0 Å². The second kappa shape index (κ2) is 3.36. The van der Waals surface area contributed by atoms with E-state index in [-0.39, 0.29) is 12.3 Å². The van der Waals surface area contributed by atoms with Gasteiger partial charge in [-0.2, -0.15) is 0 Å². The summed E-state index contributed by atoms with van der Waals surface area (Å²) in [5.74, 6) is 0. The summed E-state index contributed by atoms with van der Waals surface area (Å²) in [5.41, 5.74) is 6.92. The zero-order valence-electron chi connectivity index (χ0n) is 7.43. The lowest BCUT2D eigenvalue weighted by molar-refractivity contribution is 0.166. The van der Waals surface area contributed by atoms with Crippen molar-refractivity contribution >= 4 is 5.69 Å². The molecule has 1 aromatic carbocycles. The molecule has 1 aromatic rings. The Bertz CT molecular complexity index is 276. The van der Waals surface area contributed by atoms with Crippen molar-refractivity contribution in [2.75, 3.05) is 11.4 Å². The van der Waals surface area contributed by atoms with E-state index in [2.05, 4.69) is 0 Å². The third kappa shape index (κ3) is 1.53. The first-order valence-electron chi connectivity index (χ1n) is 4.54. The van der Waals surface area contributed by atoms with Gasteiger partial charge in [-0.1, -0.05) is 18.2 Å². The van der Waals surface area contributed by atoms with Crippen LogP contribution in [0.25, 0.3) is 0 Å². The topological polar surface area (TPSA) is 49.5 Å². The van der Waals surface area contributed by atoms with Crippen molar-refractivity contribution in [2.45, 2.75) is 18.7 Å². The minimum absolute atomic E-state index is 0.248. The quantitative estimate of drug-likeness (QED) is 0.660. The van der Waals surface area contributed by atoms with Crippen molar-refractivity contribution in [2.24, 2.45) is 5.73 Å². The van der Waals surface area contributed by atoms with Gasteiger partial charge < -0.3 is 15.7 Å². The Labute approximate surface area is 77.8 Å². The fraction of sp³-hybridized carbons (Fsp3) is 0.400. The Morgan fingerprint density at radius 1 is 1.31 bits per heavy atom. The molecule has 3 N–H and O–H groups in total. The number of anilines is 1. The maximum Gasteiger partial charge on any atom is 0.104 e. The summed E-state index contributed by atoms with van der Waals surface area (Å²) in [6.07, 6.45) is 0.124. The molecule has 0 bridgehead atoms. The number of hydrogen-bond donors (Lipinski definition) is 2. The number of nitrogens with two attached hydrogens (primary N) is 1. The number of nitrogens with zero attached hydrogens (tertiary/aromatic N) is 1. The number of benzene rings is 1. The molecule has 2 rings (SSSR count). The van der Waals surface area contributed by atoms with Gasteiger partial charge in [-0.05, 0) is 18.6 Å². The smallest absolute Gasteiger partial charge is 0.104 e. The van der Waals surface area contributed by atoms with Crippen LogP contribution in [0.4, 0.5) is 5.69 Å². The van der Waals surface area contributed by atoms with E-state index in [9.17, 15) is 5.11 Å². The first kappa shape index (κ1) is 8.53. The first-order chi connectivity index (χ1) is 6.29. The van der Waals surface area contributed by atoms with Gasteiger partial charge >= 0.3 is 0 Å². The Hall–Kier alpha value is -1.06. The molecule has 0 aliphatic carbocycles. The highest BCUT2D eigenvalue weighted by molar-refractivity contribution is 5.48. The van der Waals surface area contributed by atoms with Gasteiger partial charge in [0.1, 0.15) is 6.17 Å². The van der Waals surface area contributed by atoms with E-state index in [1.807, 2.05) is 35.2 Å². The number of para-hydroxylation sites is 1. The zero-order valence-corrected chi connectivity index (χ0v) is 7.43. The second-order valence-corrected chi connectivity index (χ2v) is 3.38. The number of rotatable bonds is 1. The molecule has 2 atom stereocenters. The Balaban J connectivity index is 2.19. The van der Waals surface area contributed by atoms with E-state index in [0.717, 1.165) is 18.7 Å². The van der Waals surface area contributed by atoms with Gasteiger partial charge in [0, 0.05) is 12.2 Å². The molecule has 2 unspecified atom stereocenters. The molecule has 1 aliphatic heterocycles. The van der Waals surface area contributed by atoms with Crippen LogP contribution in [0.15, 0.2) is 30.3 Å². The monoisotopic (exact) mass is 178 g/mol. The van der Waals surface area contributed by atoms with Gasteiger partial charge in [0.05, 0.1) is 6.10 Å². The molecule has 1 aliphatic rings. The highest BCUT2D eigenvalue weighted by Crippen LogP contribution is 2.22. The molecule has 3 heteroatoms. The maximum atomic E-state index is 9.46. The molecule has 0 amide bonds. The normalized spacial score (nSPS) is 28.0. The third-order valence-corrected chi connectivity index (χ3v) is 2.51. The van der Waals surface area contributed by atoms with Crippen LogP contribution < -0.4 is 10.6 Å². The molecule has 0 aromatic heterocycles.